The Morgan fingerprint density at radius 2 is 1.84 bits per heavy atom. The Kier molecular flexibility index (Phi) is 4.87. The minimum absolute atomic E-state index is 0.0250. The molecule has 0 saturated heterocycles. The van der Waals surface area contributed by atoms with Crippen LogP contribution < -0.4 is 10.5 Å². The van der Waals surface area contributed by atoms with E-state index < -0.39 is 11.7 Å². The van der Waals surface area contributed by atoms with Crippen LogP contribution >= 0.6 is 23.2 Å². The van der Waals surface area contributed by atoms with Crippen molar-refractivity contribution in [2.75, 3.05) is 0 Å². The van der Waals surface area contributed by atoms with Crippen LogP contribution in [0.1, 0.15) is 16.2 Å². The molecule has 0 fully saturated rings. The molecule has 2 N–H and O–H groups in total. The number of rotatable bonds is 5. The molecular weight excluding hydrogens is 372 g/mol. The van der Waals surface area contributed by atoms with Gasteiger partial charge < -0.3 is 14.9 Å². The second-order valence-corrected chi connectivity index (χ2v) is 5.68. The van der Waals surface area contributed by atoms with Crippen LogP contribution in [0.5, 0.6) is 5.75 Å². The van der Waals surface area contributed by atoms with E-state index in [1.54, 1.807) is 18.2 Å². The molecule has 1 amide bonds. The lowest BCUT2D eigenvalue weighted by atomic mass is 10.2. The van der Waals surface area contributed by atoms with Gasteiger partial charge in [-0.2, -0.15) is 0 Å². The molecule has 2 aromatic carbocycles. The maximum Gasteiger partial charge on any atom is 0.255 e. The Labute approximate surface area is 151 Å². The molecule has 0 aliphatic heterocycles. The van der Waals surface area contributed by atoms with Gasteiger partial charge in [0.15, 0.2) is 6.61 Å². The summed E-state index contributed by atoms with van der Waals surface area (Å²) in [5.41, 5.74) is 5.20. The Morgan fingerprint density at radius 1 is 1.16 bits per heavy atom. The highest BCUT2D eigenvalue weighted by molar-refractivity contribution is 6.38. The van der Waals surface area contributed by atoms with Crippen LogP contribution in [0.2, 0.25) is 10.0 Å². The summed E-state index contributed by atoms with van der Waals surface area (Å²) >= 11 is 12.2. The molecule has 1 heterocycles. The van der Waals surface area contributed by atoms with E-state index in [0.717, 1.165) is 6.07 Å². The number of primary amides is 1. The number of carbonyl (C=O) groups excluding carboxylic acids is 1. The second kappa shape index (κ2) is 7.08. The molecule has 0 unspecified atom stereocenters. The van der Waals surface area contributed by atoms with Crippen molar-refractivity contribution in [3.8, 4) is 17.2 Å². The maximum atomic E-state index is 13.7. The fourth-order valence-corrected chi connectivity index (χ4v) is 2.68. The van der Waals surface area contributed by atoms with Crippen molar-refractivity contribution >= 4 is 29.1 Å². The number of ether oxygens (including phenoxy) is 1. The Hall–Kier alpha value is -2.64. The number of hydrogen-bond acceptors (Lipinski definition) is 5. The van der Waals surface area contributed by atoms with Crippen LogP contribution in [0.25, 0.3) is 11.5 Å². The molecule has 0 spiro atoms. The number of benzene rings is 2. The SMILES string of the molecule is NC(=O)c1c(F)cccc1OCc1nnc(-c2c(Cl)cccc2Cl)o1. The van der Waals surface area contributed by atoms with E-state index in [1.807, 2.05) is 0 Å². The molecule has 0 aliphatic carbocycles. The van der Waals surface area contributed by atoms with Gasteiger partial charge in [-0.05, 0) is 24.3 Å². The largest absolute Gasteiger partial charge is 0.483 e. The predicted octanol–water partition coefficient (Wildman–Crippen LogP) is 3.86. The molecule has 0 aliphatic rings. The second-order valence-electron chi connectivity index (χ2n) is 4.86. The number of hydrogen-bond donors (Lipinski definition) is 1. The number of nitrogens with zero attached hydrogens (tertiary/aromatic N) is 2. The Balaban J connectivity index is 1.82. The molecule has 3 aromatic rings. The summed E-state index contributed by atoms with van der Waals surface area (Å²) in [4.78, 5) is 11.3. The molecular formula is C16H10Cl2FN3O3. The van der Waals surface area contributed by atoms with Gasteiger partial charge in [0.05, 0.1) is 15.6 Å². The van der Waals surface area contributed by atoms with E-state index in [4.69, 9.17) is 38.1 Å². The van der Waals surface area contributed by atoms with Crippen LogP contribution in [0.3, 0.4) is 0 Å². The topological polar surface area (TPSA) is 91.2 Å². The van der Waals surface area contributed by atoms with Crippen molar-refractivity contribution < 1.29 is 18.3 Å². The molecule has 0 bridgehead atoms. The lowest BCUT2D eigenvalue weighted by Crippen LogP contribution is -2.15. The number of halogens is 3. The number of amides is 1. The quantitative estimate of drug-likeness (QED) is 0.724. The molecule has 9 heteroatoms. The average Bonchev–Trinajstić information content (AvgIpc) is 3.01. The molecule has 3 rings (SSSR count). The highest BCUT2D eigenvalue weighted by atomic mass is 35.5. The summed E-state index contributed by atoms with van der Waals surface area (Å²) in [6, 6.07) is 8.86. The van der Waals surface area contributed by atoms with Gasteiger partial charge >= 0.3 is 0 Å². The zero-order valence-electron chi connectivity index (χ0n) is 12.5. The number of nitrogens with two attached hydrogens (primary N) is 1. The van der Waals surface area contributed by atoms with Crippen molar-refractivity contribution in [2.45, 2.75) is 6.61 Å². The van der Waals surface area contributed by atoms with Gasteiger partial charge in [0, 0.05) is 0 Å². The van der Waals surface area contributed by atoms with Gasteiger partial charge in [0.2, 0.25) is 0 Å². The summed E-state index contributed by atoms with van der Waals surface area (Å²) < 4.78 is 24.5. The first-order chi connectivity index (χ1) is 12.0. The van der Waals surface area contributed by atoms with Gasteiger partial charge in [-0.1, -0.05) is 35.3 Å². The molecule has 6 nitrogen and oxygen atoms in total. The van der Waals surface area contributed by atoms with Gasteiger partial charge in [-0.15, -0.1) is 10.2 Å². The molecule has 128 valence electrons. The molecule has 0 saturated carbocycles. The van der Waals surface area contributed by atoms with Gasteiger partial charge in [-0.25, -0.2) is 4.39 Å². The van der Waals surface area contributed by atoms with Crippen molar-refractivity contribution in [1.29, 1.82) is 0 Å². The van der Waals surface area contributed by atoms with E-state index in [2.05, 4.69) is 10.2 Å². The summed E-state index contributed by atoms with van der Waals surface area (Å²) in [5, 5.41) is 8.39. The summed E-state index contributed by atoms with van der Waals surface area (Å²) in [5.74, 6) is -1.54. The van der Waals surface area contributed by atoms with Crippen molar-refractivity contribution in [2.24, 2.45) is 5.73 Å². The van der Waals surface area contributed by atoms with Crippen LogP contribution in [0, 0.1) is 5.82 Å². The molecule has 25 heavy (non-hydrogen) atoms. The zero-order chi connectivity index (χ0) is 18.0. The normalized spacial score (nSPS) is 10.7. The first-order valence-corrected chi connectivity index (χ1v) is 7.71. The minimum Gasteiger partial charge on any atom is -0.483 e. The van der Waals surface area contributed by atoms with Gasteiger partial charge in [0.25, 0.3) is 17.7 Å². The average molecular weight is 382 g/mol. The van der Waals surface area contributed by atoms with Crippen LogP contribution in [-0.2, 0) is 6.61 Å². The Morgan fingerprint density at radius 3 is 2.52 bits per heavy atom. The van der Waals surface area contributed by atoms with Crippen LogP contribution in [-0.4, -0.2) is 16.1 Å². The van der Waals surface area contributed by atoms with Gasteiger partial charge in [-0.3, -0.25) is 4.79 Å². The number of carbonyl (C=O) groups is 1. The Bertz CT molecular complexity index is 926. The van der Waals surface area contributed by atoms with E-state index in [-0.39, 0.29) is 29.7 Å². The standard InChI is InChI=1S/C16H10Cl2FN3O3/c17-8-3-1-4-9(18)13(8)16-22-21-12(25-16)7-24-11-6-2-5-10(19)14(11)15(20)23/h1-6H,7H2,(H2,20,23). The zero-order valence-corrected chi connectivity index (χ0v) is 14.0. The van der Waals surface area contributed by atoms with Gasteiger partial charge in [0.1, 0.15) is 17.1 Å². The fourth-order valence-electron chi connectivity index (χ4n) is 2.12. The number of aromatic nitrogens is 2. The van der Waals surface area contributed by atoms with Crippen molar-refractivity contribution in [3.63, 3.8) is 0 Å². The van der Waals surface area contributed by atoms with Crippen molar-refractivity contribution in [3.05, 3.63) is 63.7 Å². The fraction of sp³-hybridized carbons (Fsp3) is 0.0625. The molecule has 0 radical (unpaired) electrons. The minimum atomic E-state index is -0.942. The van der Waals surface area contributed by atoms with E-state index in [9.17, 15) is 9.18 Å². The summed E-state index contributed by atoms with van der Waals surface area (Å²) in [7, 11) is 0. The van der Waals surface area contributed by atoms with E-state index in [0.29, 0.717) is 15.6 Å². The third-order valence-corrected chi connectivity index (χ3v) is 3.85. The first-order valence-electron chi connectivity index (χ1n) is 6.95. The summed E-state index contributed by atoms with van der Waals surface area (Å²) in [6.07, 6.45) is 0. The first kappa shape index (κ1) is 17.2. The van der Waals surface area contributed by atoms with E-state index in [1.165, 1.54) is 12.1 Å². The maximum absolute atomic E-state index is 13.7. The van der Waals surface area contributed by atoms with Crippen LogP contribution in [0.15, 0.2) is 40.8 Å². The third kappa shape index (κ3) is 3.57. The smallest absolute Gasteiger partial charge is 0.255 e. The third-order valence-electron chi connectivity index (χ3n) is 3.22. The molecule has 0 atom stereocenters. The summed E-state index contributed by atoms with van der Waals surface area (Å²) in [6.45, 7) is -0.196. The monoisotopic (exact) mass is 381 g/mol. The predicted molar refractivity (Wildman–Crippen MR) is 89.0 cm³/mol. The lowest BCUT2D eigenvalue weighted by molar-refractivity contribution is 0.0991. The van der Waals surface area contributed by atoms with Crippen LogP contribution in [0.4, 0.5) is 4.39 Å². The molecule has 1 aromatic heterocycles. The highest BCUT2D eigenvalue weighted by Crippen LogP contribution is 2.33. The van der Waals surface area contributed by atoms with Crippen molar-refractivity contribution in [1.82, 2.24) is 10.2 Å². The highest BCUT2D eigenvalue weighted by Gasteiger charge is 2.18. The lowest BCUT2D eigenvalue weighted by Gasteiger charge is -2.08. The van der Waals surface area contributed by atoms with E-state index >= 15 is 0 Å².